The molecule has 0 atom stereocenters. The summed E-state index contributed by atoms with van der Waals surface area (Å²) in [6.45, 7) is 0.735. The minimum absolute atomic E-state index is 0.107. The van der Waals surface area contributed by atoms with Crippen LogP contribution in [0.15, 0.2) is 72.8 Å². The molecular weight excluding hydrogens is 535 g/mol. The largest absolute Gasteiger partial charge is 0.366 e. The second-order valence-electron chi connectivity index (χ2n) is 10.3. The van der Waals surface area contributed by atoms with Gasteiger partial charge in [-0.3, -0.25) is 14.4 Å². The quantitative estimate of drug-likeness (QED) is 0.174. The molecule has 0 saturated carbocycles. The SMILES string of the molecule is CN(C)CCC(=O)Nc1ccc2c(c1)[nH]c1c(C(N)=O)ccc(-c3cccc(NC(=O)c4ccc(F)cc4)c3CN)c12. The van der Waals surface area contributed by atoms with Crippen molar-refractivity contribution in [3.05, 3.63) is 95.3 Å². The summed E-state index contributed by atoms with van der Waals surface area (Å²) < 4.78 is 13.4. The van der Waals surface area contributed by atoms with Crippen LogP contribution in [0.1, 0.15) is 32.7 Å². The Morgan fingerprint density at radius 2 is 1.69 bits per heavy atom. The van der Waals surface area contributed by atoms with E-state index in [0.717, 1.165) is 21.9 Å². The minimum atomic E-state index is -0.588. The van der Waals surface area contributed by atoms with Crippen LogP contribution in [0.5, 0.6) is 0 Å². The smallest absolute Gasteiger partial charge is 0.255 e. The zero-order valence-corrected chi connectivity index (χ0v) is 23.3. The van der Waals surface area contributed by atoms with Crippen molar-refractivity contribution < 1.29 is 18.8 Å². The van der Waals surface area contributed by atoms with Crippen LogP contribution in [0.25, 0.3) is 32.9 Å². The standard InChI is InChI=1S/C32H31FN6O3/c1-39(2)15-14-28(40)36-20-10-11-23-27(16-20)37-30-24(31(35)41)13-12-22(29(23)30)21-4-3-5-26(25(21)17-34)38-32(42)18-6-8-19(33)9-7-18/h3-13,16,37H,14-15,17,34H2,1-2H3,(H2,35,41)(H,36,40)(H,38,42). The first-order chi connectivity index (χ1) is 20.2. The van der Waals surface area contributed by atoms with Gasteiger partial charge in [0, 0.05) is 52.7 Å². The topological polar surface area (TPSA) is 146 Å². The summed E-state index contributed by atoms with van der Waals surface area (Å²) in [5, 5.41) is 7.39. The number of carbonyl (C=O) groups is 3. The monoisotopic (exact) mass is 566 g/mol. The molecule has 10 heteroatoms. The number of benzene rings is 4. The van der Waals surface area contributed by atoms with E-state index in [9.17, 15) is 18.8 Å². The summed E-state index contributed by atoms with van der Waals surface area (Å²) in [7, 11) is 3.81. The lowest BCUT2D eigenvalue weighted by atomic mass is 9.92. The Morgan fingerprint density at radius 3 is 2.38 bits per heavy atom. The number of fused-ring (bicyclic) bond motifs is 3. The highest BCUT2D eigenvalue weighted by Gasteiger charge is 2.20. The van der Waals surface area contributed by atoms with Crippen molar-refractivity contribution in [2.24, 2.45) is 11.5 Å². The molecule has 0 saturated heterocycles. The predicted molar refractivity (Wildman–Crippen MR) is 164 cm³/mol. The van der Waals surface area contributed by atoms with Gasteiger partial charge in [-0.2, -0.15) is 0 Å². The van der Waals surface area contributed by atoms with Gasteiger partial charge in [0.1, 0.15) is 5.82 Å². The molecule has 3 amide bonds. The van der Waals surface area contributed by atoms with Crippen molar-refractivity contribution in [3.63, 3.8) is 0 Å². The molecule has 9 nitrogen and oxygen atoms in total. The van der Waals surface area contributed by atoms with Crippen molar-refractivity contribution in [3.8, 4) is 11.1 Å². The van der Waals surface area contributed by atoms with Gasteiger partial charge < -0.3 is 32.0 Å². The number of anilines is 2. The van der Waals surface area contributed by atoms with Crippen molar-refractivity contribution in [1.82, 2.24) is 9.88 Å². The molecule has 0 aliphatic heterocycles. The van der Waals surface area contributed by atoms with Gasteiger partial charge >= 0.3 is 0 Å². The molecule has 4 aromatic carbocycles. The van der Waals surface area contributed by atoms with E-state index < -0.39 is 17.6 Å². The molecule has 0 fully saturated rings. The number of rotatable bonds is 9. The van der Waals surface area contributed by atoms with Gasteiger partial charge in [-0.1, -0.05) is 24.3 Å². The van der Waals surface area contributed by atoms with E-state index in [1.165, 1.54) is 24.3 Å². The fourth-order valence-corrected chi connectivity index (χ4v) is 5.04. The van der Waals surface area contributed by atoms with E-state index in [0.29, 0.717) is 52.1 Å². The molecule has 5 rings (SSSR count). The number of aromatic nitrogens is 1. The van der Waals surface area contributed by atoms with Gasteiger partial charge in [-0.05, 0) is 79.3 Å². The highest BCUT2D eigenvalue weighted by atomic mass is 19.1. The number of nitrogens with two attached hydrogens (primary N) is 2. The third-order valence-electron chi connectivity index (χ3n) is 7.11. The molecule has 7 N–H and O–H groups in total. The Labute approximate surface area is 241 Å². The third-order valence-corrected chi connectivity index (χ3v) is 7.11. The predicted octanol–water partition coefficient (Wildman–Crippen LogP) is 4.83. The molecule has 42 heavy (non-hydrogen) atoms. The van der Waals surface area contributed by atoms with Crippen LogP contribution in [-0.2, 0) is 11.3 Å². The first-order valence-electron chi connectivity index (χ1n) is 13.4. The number of H-pyrrole nitrogens is 1. The lowest BCUT2D eigenvalue weighted by Crippen LogP contribution is -2.20. The van der Waals surface area contributed by atoms with Crippen molar-refractivity contribution in [2.45, 2.75) is 13.0 Å². The molecule has 1 heterocycles. The fourth-order valence-electron chi connectivity index (χ4n) is 5.04. The van der Waals surface area contributed by atoms with Crippen molar-refractivity contribution in [1.29, 1.82) is 0 Å². The molecule has 1 aromatic heterocycles. The summed E-state index contributed by atoms with van der Waals surface area (Å²) in [6, 6.07) is 19.7. The Hall–Kier alpha value is -5.06. The van der Waals surface area contributed by atoms with Crippen LogP contribution in [-0.4, -0.2) is 48.2 Å². The maximum atomic E-state index is 13.4. The molecule has 5 aromatic rings. The highest BCUT2D eigenvalue weighted by Crippen LogP contribution is 2.40. The van der Waals surface area contributed by atoms with Crippen LogP contribution in [0.2, 0.25) is 0 Å². The van der Waals surface area contributed by atoms with Gasteiger partial charge in [0.15, 0.2) is 0 Å². The maximum Gasteiger partial charge on any atom is 0.255 e. The number of hydrogen-bond donors (Lipinski definition) is 5. The number of nitrogens with one attached hydrogen (secondary N) is 3. The lowest BCUT2D eigenvalue weighted by molar-refractivity contribution is -0.116. The number of nitrogens with zero attached hydrogens (tertiary/aromatic N) is 1. The van der Waals surface area contributed by atoms with Crippen LogP contribution >= 0.6 is 0 Å². The molecule has 0 aliphatic carbocycles. The van der Waals surface area contributed by atoms with Gasteiger partial charge in [-0.25, -0.2) is 4.39 Å². The van der Waals surface area contributed by atoms with Crippen LogP contribution in [0, 0.1) is 5.82 Å². The van der Waals surface area contributed by atoms with Crippen molar-refractivity contribution in [2.75, 3.05) is 31.3 Å². The first-order valence-corrected chi connectivity index (χ1v) is 13.4. The number of halogens is 1. The Kier molecular flexibility index (Phi) is 8.01. The van der Waals surface area contributed by atoms with E-state index >= 15 is 0 Å². The Morgan fingerprint density at radius 1 is 0.929 bits per heavy atom. The van der Waals surface area contributed by atoms with Gasteiger partial charge in [0.25, 0.3) is 11.8 Å². The van der Waals surface area contributed by atoms with E-state index in [1.807, 2.05) is 49.3 Å². The molecule has 0 bridgehead atoms. The lowest BCUT2D eigenvalue weighted by Gasteiger charge is -2.16. The molecule has 0 aliphatic rings. The molecule has 0 spiro atoms. The van der Waals surface area contributed by atoms with Crippen LogP contribution in [0.4, 0.5) is 15.8 Å². The average molecular weight is 567 g/mol. The van der Waals surface area contributed by atoms with Gasteiger partial charge in [-0.15, -0.1) is 0 Å². The molecular formula is C32H31FN6O3. The molecule has 214 valence electrons. The number of amides is 3. The minimum Gasteiger partial charge on any atom is -0.366 e. The highest BCUT2D eigenvalue weighted by molar-refractivity contribution is 6.20. The third kappa shape index (κ3) is 5.71. The number of carbonyl (C=O) groups excluding carboxylic acids is 3. The molecule has 0 radical (unpaired) electrons. The summed E-state index contributed by atoms with van der Waals surface area (Å²) in [5.74, 6) is -1.53. The number of aromatic amines is 1. The van der Waals surface area contributed by atoms with Crippen molar-refractivity contribution >= 4 is 50.9 Å². The Balaban J connectivity index is 1.60. The number of hydrogen-bond acceptors (Lipinski definition) is 5. The van der Waals surface area contributed by atoms with Gasteiger partial charge in [0.2, 0.25) is 5.91 Å². The summed E-state index contributed by atoms with van der Waals surface area (Å²) in [5.41, 5.74) is 17.2. The summed E-state index contributed by atoms with van der Waals surface area (Å²) in [6.07, 6.45) is 0.351. The fraction of sp³-hybridized carbons (Fsp3) is 0.156. The van der Waals surface area contributed by atoms with Crippen LogP contribution < -0.4 is 22.1 Å². The first kappa shape index (κ1) is 28.5. The van der Waals surface area contributed by atoms with Crippen LogP contribution in [0.3, 0.4) is 0 Å². The summed E-state index contributed by atoms with van der Waals surface area (Å²) >= 11 is 0. The maximum absolute atomic E-state index is 13.4. The normalized spacial score (nSPS) is 11.3. The van der Waals surface area contributed by atoms with E-state index in [4.69, 9.17) is 11.5 Å². The Bertz CT molecular complexity index is 1830. The second kappa shape index (κ2) is 11.8. The van der Waals surface area contributed by atoms with E-state index in [2.05, 4.69) is 15.6 Å². The van der Waals surface area contributed by atoms with E-state index in [-0.39, 0.29) is 12.5 Å². The molecule has 0 unspecified atom stereocenters. The number of primary amides is 1. The average Bonchev–Trinajstić information content (AvgIpc) is 3.34. The zero-order valence-electron chi connectivity index (χ0n) is 23.3. The van der Waals surface area contributed by atoms with Gasteiger partial charge in [0.05, 0.1) is 11.1 Å². The van der Waals surface area contributed by atoms with E-state index in [1.54, 1.807) is 18.2 Å². The second-order valence-corrected chi connectivity index (χ2v) is 10.3. The zero-order chi connectivity index (χ0) is 30.0. The summed E-state index contributed by atoms with van der Waals surface area (Å²) in [4.78, 5) is 43.0.